The number of ether oxygens (including phenoxy) is 1. The van der Waals surface area contributed by atoms with Crippen molar-refractivity contribution < 1.29 is 9.84 Å². The quantitative estimate of drug-likeness (QED) is 0.687. The normalized spacial score (nSPS) is 48.2. The van der Waals surface area contributed by atoms with Crippen LogP contribution in [-0.2, 0) is 4.74 Å². The molecule has 0 aromatic heterocycles. The minimum Gasteiger partial charge on any atom is -0.390 e. The largest absolute Gasteiger partial charge is 0.390 e. The number of aliphatic hydroxyl groups is 1. The van der Waals surface area contributed by atoms with Gasteiger partial charge in [-0.2, -0.15) is 0 Å². The standard InChI is InChI=1S/C14H26O2/c1-11-7-12(2,3)9-14(8-11)10-13(4,15)5-6-16-14/h11,15H,5-10H2,1-4H3. The molecule has 2 heteroatoms. The third-order valence-corrected chi connectivity index (χ3v) is 4.17. The van der Waals surface area contributed by atoms with Crippen LogP contribution in [0, 0.1) is 11.3 Å². The maximum atomic E-state index is 10.3. The zero-order valence-electron chi connectivity index (χ0n) is 11.2. The molecule has 3 atom stereocenters. The molecule has 2 fully saturated rings. The van der Waals surface area contributed by atoms with Crippen molar-refractivity contribution in [3.63, 3.8) is 0 Å². The first kappa shape index (κ1) is 12.4. The van der Waals surface area contributed by atoms with Crippen LogP contribution in [0.3, 0.4) is 0 Å². The molecule has 0 aromatic rings. The van der Waals surface area contributed by atoms with Gasteiger partial charge in [0.1, 0.15) is 0 Å². The lowest BCUT2D eigenvalue weighted by Crippen LogP contribution is -2.52. The third kappa shape index (κ3) is 2.60. The van der Waals surface area contributed by atoms with Gasteiger partial charge in [0, 0.05) is 6.42 Å². The van der Waals surface area contributed by atoms with E-state index in [9.17, 15) is 5.11 Å². The predicted octanol–water partition coefficient (Wildman–Crippen LogP) is 3.13. The summed E-state index contributed by atoms with van der Waals surface area (Å²) in [5.74, 6) is 0.706. The van der Waals surface area contributed by atoms with Crippen LogP contribution in [-0.4, -0.2) is 22.9 Å². The lowest BCUT2D eigenvalue weighted by atomic mass is 9.62. The molecule has 1 aliphatic heterocycles. The lowest BCUT2D eigenvalue weighted by molar-refractivity contribution is -0.188. The Bertz CT molecular complexity index is 266. The van der Waals surface area contributed by atoms with Gasteiger partial charge < -0.3 is 9.84 Å². The fraction of sp³-hybridized carbons (Fsp3) is 1.00. The van der Waals surface area contributed by atoms with Gasteiger partial charge >= 0.3 is 0 Å². The van der Waals surface area contributed by atoms with Gasteiger partial charge in [0.2, 0.25) is 0 Å². The molecule has 2 aliphatic rings. The molecule has 1 saturated carbocycles. The minimum absolute atomic E-state index is 0.0527. The number of hydrogen-bond donors (Lipinski definition) is 1. The SMILES string of the molecule is CC1CC(C)(C)CC2(C1)CC(C)(O)CCO2. The summed E-state index contributed by atoms with van der Waals surface area (Å²) in [4.78, 5) is 0. The molecular weight excluding hydrogens is 200 g/mol. The van der Waals surface area contributed by atoms with Crippen molar-refractivity contribution in [3.05, 3.63) is 0 Å². The Hall–Kier alpha value is -0.0800. The van der Waals surface area contributed by atoms with Crippen LogP contribution in [0.2, 0.25) is 0 Å². The van der Waals surface area contributed by atoms with E-state index in [1.807, 2.05) is 6.92 Å². The van der Waals surface area contributed by atoms with Gasteiger partial charge in [-0.1, -0.05) is 20.8 Å². The predicted molar refractivity (Wildman–Crippen MR) is 65.3 cm³/mol. The molecule has 2 rings (SSSR count). The Morgan fingerprint density at radius 1 is 1.12 bits per heavy atom. The molecule has 0 bridgehead atoms. The highest BCUT2D eigenvalue weighted by molar-refractivity contribution is 5.00. The van der Waals surface area contributed by atoms with Crippen molar-refractivity contribution >= 4 is 0 Å². The van der Waals surface area contributed by atoms with E-state index in [1.165, 1.54) is 6.42 Å². The fourth-order valence-electron chi connectivity index (χ4n) is 4.23. The smallest absolute Gasteiger partial charge is 0.0717 e. The second-order valence-corrected chi connectivity index (χ2v) is 7.31. The van der Waals surface area contributed by atoms with E-state index >= 15 is 0 Å². The lowest BCUT2D eigenvalue weighted by Gasteiger charge is -2.52. The highest BCUT2D eigenvalue weighted by atomic mass is 16.5. The summed E-state index contributed by atoms with van der Waals surface area (Å²) < 4.78 is 6.09. The van der Waals surface area contributed by atoms with Gasteiger partial charge in [-0.15, -0.1) is 0 Å². The van der Waals surface area contributed by atoms with E-state index in [-0.39, 0.29) is 5.60 Å². The van der Waals surface area contributed by atoms with Crippen molar-refractivity contribution in [1.82, 2.24) is 0 Å². The van der Waals surface area contributed by atoms with Gasteiger partial charge in [-0.3, -0.25) is 0 Å². The Kier molecular flexibility index (Phi) is 2.87. The van der Waals surface area contributed by atoms with Crippen LogP contribution in [0.1, 0.15) is 59.8 Å². The monoisotopic (exact) mass is 226 g/mol. The van der Waals surface area contributed by atoms with Crippen LogP contribution in [0.5, 0.6) is 0 Å². The molecule has 1 aliphatic carbocycles. The summed E-state index contributed by atoms with van der Waals surface area (Å²) in [6.07, 6.45) is 5.09. The summed E-state index contributed by atoms with van der Waals surface area (Å²) in [7, 11) is 0. The van der Waals surface area contributed by atoms with Gasteiger partial charge in [0.15, 0.2) is 0 Å². The van der Waals surface area contributed by atoms with E-state index in [0.29, 0.717) is 11.3 Å². The first-order chi connectivity index (χ1) is 7.22. The highest BCUT2D eigenvalue weighted by Gasteiger charge is 2.49. The second-order valence-electron chi connectivity index (χ2n) is 7.31. The van der Waals surface area contributed by atoms with E-state index in [4.69, 9.17) is 4.74 Å². The average Bonchev–Trinajstić information content (AvgIpc) is 1.94. The summed E-state index contributed by atoms with van der Waals surface area (Å²) in [6.45, 7) is 9.66. The minimum atomic E-state index is -0.522. The van der Waals surface area contributed by atoms with E-state index in [1.54, 1.807) is 0 Å². The second kappa shape index (κ2) is 3.71. The maximum Gasteiger partial charge on any atom is 0.0717 e. The summed E-state index contributed by atoms with van der Waals surface area (Å²) in [5.41, 5.74) is -0.223. The fourth-order valence-corrected chi connectivity index (χ4v) is 4.23. The topological polar surface area (TPSA) is 29.5 Å². The van der Waals surface area contributed by atoms with E-state index in [0.717, 1.165) is 32.3 Å². The van der Waals surface area contributed by atoms with Crippen molar-refractivity contribution in [2.75, 3.05) is 6.61 Å². The molecule has 1 spiro atoms. The Labute approximate surface area is 99.4 Å². The van der Waals surface area contributed by atoms with Gasteiger partial charge in [0.05, 0.1) is 17.8 Å². The summed E-state index contributed by atoms with van der Waals surface area (Å²) in [6, 6.07) is 0. The zero-order valence-corrected chi connectivity index (χ0v) is 11.2. The molecule has 2 nitrogen and oxygen atoms in total. The molecule has 16 heavy (non-hydrogen) atoms. The van der Waals surface area contributed by atoms with Gasteiger partial charge in [-0.25, -0.2) is 0 Å². The molecule has 94 valence electrons. The number of hydrogen-bond acceptors (Lipinski definition) is 2. The Morgan fingerprint density at radius 3 is 2.38 bits per heavy atom. The molecular formula is C14H26O2. The highest BCUT2D eigenvalue weighted by Crippen LogP contribution is 2.50. The molecule has 1 heterocycles. The van der Waals surface area contributed by atoms with Crippen LogP contribution < -0.4 is 0 Å². The molecule has 0 radical (unpaired) electrons. The maximum absolute atomic E-state index is 10.3. The van der Waals surface area contributed by atoms with Crippen LogP contribution >= 0.6 is 0 Å². The first-order valence-electron chi connectivity index (χ1n) is 6.59. The molecule has 1 N–H and O–H groups in total. The van der Waals surface area contributed by atoms with Gasteiger partial charge in [-0.05, 0) is 43.9 Å². The van der Waals surface area contributed by atoms with Crippen molar-refractivity contribution in [2.45, 2.75) is 71.0 Å². The Morgan fingerprint density at radius 2 is 1.81 bits per heavy atom. The Balaban J connectivity index is 2.17. The van der Waals surface area contributed by atoms with E-state index in [2.05, 4.69) is 20.8 Å². The molecule has 0 amide bonds. The van der Waals surface area contributed by atoms with Crippen molar-refractivity contribution in [3.8, 4) is 0 Å². The van der Waals surface area contributed by atoms with Crippen molar-refractivity contribution in [1.29, 1.82) is 0 Å². The van der Waals surface area contributed by atoms with Gasteiger partial charge in [0.25, 0.3) is 0 Å². The average molecular weight is 226 g/mol. The third-order valence-electron chi connectivity index (χ3n) is 4.17. The van der Waals surface area contributed by atoms with Crippen LogP contribution in [0.15, 0.2) is 0 Å². The first-order valence-corrected chi connectivity index (χ1v) is 6.59. The van der Waals surface area contributed by atoms with Crippen molar-refractivity contribution in [2.24, 2.45) is 11.3 Å². The summed E-state index contributed by atoms with van der Waals surface area (Å²) >= 11 is 0. The zero-order chi connectivity index (χ0) is 12.0. The molecule has 3 unspecified atom stereocenters. The summed E-state index contributed by atoms with van der Waals surface area (Å²) in [5, 5.41) is 10.3. The van der Waals surface area contributed by atoms with Crippen LogP contribution in [0.25, 0.3) is 0 Å². The van der Waals surface area contributed by atoms with Crippen LogP contribution in [0.4, 0.5) is 0 Å². The number of rotatable bonds is 0. The van der Waals surface area contributed by atoms with E-state index < -0.39 is 5.60 Å². The molecule has 1 saturated heterocycles. The molecule has 0 aromatic carbocycles.